The van der Waals surface area contributed by atoms with Crippen LogP contribution in [0.2, 0.25) is 0 Å². The largest absolute Gasteiger partial charge is 0.387 e. The molecule has 1 aliphatic carbocycles. The van der Waals surface area contributed by atoms with E-state index in [-0.39, 0.29) is 18.5 Å². The summed E-state index contributed by atoms with van der Waals surface area (Å²) < 4.78 is 0. The molecule has 1 aromatic rings. The van der Waals surface area contributed by atoms with Crippen molar-refractivity contribution in [3.63, 3.8) is 0 Å². The molecule has 20 heavy (non-hydrogen) atoms. The Kier molecular flexibility index (Phi) is 4.03. The van der Waals surface area contributed by atoms with Gasteiger partial charge in [-0.1, -0.05) is 36.8 Å². The van der Waals surface area contributed by atoms with Crippen molar-refractivity contribution in [2.24, 2.45) is 11.8 Å². The van der Waals surface area contributed by atoms with Crippen LogP contribution in [0.1, 0.15) is 30.9 Å². The molecule has 1 heterocycles. The molecule has 108 valence electrons. The van der Waals surface area contributed by atoms with E-state index in [9.17, 15) is 9.90 Å². The quantitative estimate of drug-likeness (QED) is 0.774. The zero-order valence-electron chi connectivity index (χ0n) is 11.6. The first-order valence-corrected chi connectivity index (χ1v) is 7.50. The molecule has 1 aromatic carbocycles. The lowest BCUT2D eigenvalue weighted by Crippen LogP contribution is -2.45. The van der Waals surface area contributed by atoms with Gasteiger partial charge >= 0.3 is 0 Å². The van der Waals surface area contributed by atoms with Gasteiger partial charge in [-0.25, -0.2) is 0 Å². The van der Waals surface area contributed by atoms with Crippen molar-refractivity contribution in [2.45, 2.75) is 31.4 Å². The van der Waals surface area contributed by atoms with Gasteiger partial charge in [0.15, 0.2) is 0 Å². The number of hydrogen-bond donors (Lipinski definition) is 3. The minimum Gasteiger partial charge on any atom is -0.387 e. The van der Waals surface area contributed by atoms with Crippen LogP contribution in [0, 0.1) is 11.8 Å². The molecule has 4 atom stereocenters. The molecule has 1 aliphatic heterocycles. The van der Waals surface area contributed by atoms with Crippen LogP contribution in [0.5, 0.6) is 0 Å². The number of hydrogen-bond acceptors (Lipinski definition) is 3. The van der Waals surface area contributed by atoms with Gasteiger partial charge in [0.05, 0.1) is 12.1 Å². The number of amides is 1. The second-order valence-corrected chi connectivity index (χ2v) is 5.91. The summed E-state index contributed by atoms with van der Waals surface area (Å²) in [6, 6.07) is 9.38. The van der Waals surface area contributed by atoms with Crippen molar-refractivity contribution in [3.8, 4) is 0 Å². The van der Waals surface area contributed by atoms with Gasteiger partial charge in [-0.05, 0) is 36.8 Å². The van der Waals surface area contributed by atoms with Crippen molar-refractivity contribution in [1.82, 2.24) is 10.6 Å². The zero-order chi connectivity index (χ0) is 13.9. The molecule has 0 aromatic heterocycles. The van der Waals surface area contributed by atoms with E-state index >= 15 is 0 Å². The van der Waals surface area contributed by atoms with Gasteiger partial charge < -0.3 is 15.7 Å². The van der Waals surface area contributed by atoms with E-state index in [1.807, 2.05) is 30.3 Å². The van der Waals surface area contributed by atoms with E-state index in [1.165, 1.54) is 12.8 Å². The maximum Gasteiger partial charge on any atom is 0.237 e. The minimum atomic E-state index is -0.638. The highest BCUT2D eigenvalue weighted by molar-refractivity contribution is 5.82. The smallest absolute Gasteiger partial charge is 0.237 e. The first-order valence-electron chi connectivity index (χ1n) is 7.50. The Hall–Kier alpha value is -1.39. The number of carbonyl (C=O) groups is 1. The molecule has 2 aliphatic rings. The average molecular weight is 274 g/mol. The van der Waals surface area contributed by atoms with Gasteiger partial charge in [0.1, 0.15) is 0 Å². The fourth-order valence-corrected chi connectivity index (χ4v) is 3.57. The summed E-state index contributed by atoms with van der Waals surface area (Å²) in [7, 11) is 0. The first kappa shape index (κ1) is 13.6. The lowest BCUT2D eigenvalue weighted by Gasteiger charge is -2.19. The molecule has 0 radical (unpaired) electrons. The number of carbonyl (C=O) groups excluding carboxylic acids is 1. The lowest BCUT2D eigenvalue weighted by molar-refractivity contribution is -0.124. The molecule has 1 saturated carbocycles. The third-order valence-electron chi connectivity index (χ3n) is 4.68. The van der Waals surface area contributed by atoms with Gasteiger partial charge in [0.2, 0.25) is 5.91 Å². The Morgan fingerprint density at radius 2 is 2.15 bits per heavy atom. The normalized spacial score (nSPS) is 29.9. The number of nitrogens with one attached hydrogen (secondary N) is 2. The van der Waals surface area contributed by atoms with Crippen molar-refractivity contribution in [1.29, 1.82) is 0 Å². The monoisotopic (exact) mass is 274 g/mol. The summed E-state index contributed by atoms with van der Waals surface area (Å²) >= 11 is 0. The van der Waals surface area contributed by atoms with E-state index in [1.54, 1.807) is 0 Å². The summed E-state index contributed by atoms with van der Waals surface area (Å²) in [5.74, 6) is 1.20. The van der Waals surface area contributed by atoms with Crippen LogP contribution in [0.3, 0.4) is 0 Å². The highest BCUT2D eigenvalue weighted by atomic mass is 16.3. The maximum atomic E-state index is 12.2. The summed E-state index contributed by atoms with van der Waals surface area (Å²) in [6.45, 7) is 1.24. The predicted octanol–water partition coefficient (Wildman–Crippen LogP) is 1.22. The van der Waals surface area contributed by atoms with E-state index in [0.717, 1.165) is 18.5 Å². The second-order valence-electron chi connectivity index (χ2n) is 5.91. The van der Waals surface area contributed by atoms with Crippen LogP contribution in [0.25, 0.3) is 0 Å². The zero-order valence-corrected chi connectivity index (χ0v) is 11.6. The summed E-state index contributed by atoms with van der Waals surface area (Å²) in [6.07, 6.45) is 3.00. The highest BCUT2D eigenvalue weighted by Gasteiger charge is 2.42. The topological polar surface area (TPSA) is 61.4 Å². The van der Waals surface area contributed by atoms with Crippen LogP contribution in [0.15, 0.2) is 30.3 Å². The molecule has 0 spiro atoms. The van der Waals surface area contributed by atoms with Crippen molar-refractivity contribution in [2.75, 3.05) is 13.1 Å². The van der Waals surface area contributed by atoms with Crippen LogP contribution in [-0.2, 0) is 4.79 Å². The van der Waals surface area contributed by atoms with E-state index < -0.39 is 6.10 Å². The van der Waals surface area contributed by atoms with Crippen LogP contribution in [0.4, 0.5) is 0 Å². The average Bonchev–Trinajstić information content (AvgIpc) is 3.08. The SMILES string of the molecule is O=C(NCC(O)c1ccccc1)C1NCC2CCCC21. The molecule has 4 heteroatoms. The fourth-order valence-electron chi connectivity index (χ4n) is 3.57. The number of benzene rings is 1. The maximum absolute atomic E-state index is 12.2. The van der Waals surface area contributed by atoms with Crippen LogP contribution >= 0.6 is 0 Å². The molecule has 1 amide bonds. The van der Waals surface area contributed by atoms with Crippen LogP contribution in [-0.4, -0.2) is 30.1 Å². The van der Waals surface area contributed by atoms with Gasteiger partial charge in [-0.3, -0.25) is 4.79 Å². The fraction of sp³-hybridized carbons (Fsp3) is 0.562. The summed E-state index contributed by atoms with van der Waals surface area (Å²) in [5.41, 5.74) is 0.839. The lowest BCUT2D eigenvalue weighted by atomic mass is 9.93. The Labute approximate surface area is 119 Å². The molecule has 4 nitrogen and oxygen atoms in total. The van der Waals surface area contributed by atoms with Gasteiger partial charge in [0, 0.05) is 6.54 Å². The van der Waals surface area contributed by atoms with E-state index in [4.69, 9.17) is 0 Å². The molecule has 2 fully saturated rings. The number of aliphatic hydroxyl groups excluding tert-OH is 1. The standard InChI is InChI=1S/C16H22N2O2/c19-14(11-5-2-1-3-6-11)10-18-16(20)15-13-8-4-7-12(13)9-17-15/h1-3,5-6,12-15,17,19H,4,7-10H2,(H,18,20). The molecule has 4 unspecified atom stereocenters. The number of aliphatic hydroxyl groups is 1. The highest BCUT2D eigenvalue weighted by Crippen LogP contribution is 2.37. The molecule has 0 bridgehead atoms. The molecular weight excluding hydrogens is 252 g/mol. The summed E-state index contributed by atoms with van der Waals surface area (Å²) in [5, 5.41) is 16.3. The Morgan fingerprint density at radius 1 is 1.35 bits per heavy atom. The molecule has 3 rings (SSSR count). The van der Waals surface area contributed by atoms with Crippen molar-refractivity contribution >= 4 is 5.91 Å². The Balaban J connectivity index is 1.52. The first-order chi connectivity index (χ1) is 9.75. The molecule has 3 N–H and O–H groups in total. The minimum absolute atomic E-state index is 0.0365. The van der Waals surface area contributed by atoms with Crippen molar-refractivity contribution < 1.29 is 9.90 Å². The molecule has 1 saturated heterocycles. The van der Waals surface area contributed by atoms with Crippen molar-refractivity contribution in [3.05, 3.63) is 35.9 Å². The van der Waals surface area contributed by atoms with E-state index in [2.05, 4.69) is 10.6 Å². The Morgan fingerprint density at radius 3 is 2.95 bits per heavy atom. The summed E-state index contributed by atoms with van der Waals surface area (Å²) in [4.78, 5) is 12.2. The number of rotatable bonds is 4. The number of fused-ring (bicyclic) bond motifs is 1. The van der Waals surface area contributed by atoms with E-state index in [0.29, 0.717) is 11.8 Å². The predicted molar refractivity (Wildman–Crippen MR) is 77.0 cm³/mol. The second kappa shape index (κ2) is 5.94. The third kappa shape index (κ3) is 2.72. The van der Waals surface area contributed by atoms with Gasteiger partial charge in [0.25, 0.3) is 0 Å². The molecular formula is C16H22N2O2. The van der Waals surface area contributed by atoms with Gasteiger partial charge in [-0.2, -0.15) is 0 Å². The van der Waals surface area contributed by atoms with Crippen LogP contribution < -0.4 is 10.6 Å². The third-order valence-corrected chi connectivity index (χ3v) is 4.68. The van der Waals surface area contributed by atoms with Gasteiger partial charge in [-0.15, -0.1) is 0 Å². The Bertz CT molecular complexity index is 463.